The molecule has 154 valence electrons. The van der Waals surface area contributed by atoms with E-state index in [-0.39, 0.29) is 23.3 Å². The Balaban J connectivity index is 1.43. The van der Waals surface area contributed by atoms with Crippen LogP contribution in [0.25, 0.3) is 11.3 Å². The summed E-state index contributed by atoms with van der Waals surface area (Å²) in [6, 6.07) is 5.62. The van der Waals surface area contributed by atoms with Crippen LogP contribution in [0.3, 0.4) is 0 Å². The summed E-state index contributed by atoms with van der Waals surface area (Å²) in [5.41, 5.74) is 1.33. The zero-order chi connectivity index (χ0) is 20.7. The summed E-state index contributed by atoms with van der Waals surface area (Å²) < 4.78 is 40.5. The predicted octanol–water partition coefficient (Wildman–Crippen LogP) is 4.44. The van der Waals surface area contributed by atoms with E-state index in [0.29, 0.717) is 23.6 Å². The van der Waals surface area contributed by atoms with Gasteiger partial charge in [-0.15, -0.1) is 15.3 Å². The van der Waals surface area contributed by atoms with Gasteiger partial charge in [-0.25, -0.2) is 8.78 Å². The van der Waals surface area contributed by atoms with Crippen LogP contribution in [0.2, 0.25) is 0 Å². The van der Waals surface area contributed by atoms with Crippen LogP contribution in [-0.2, 0) is 16.9 Å². The van der Waals surface area contributed by atoms with Gasteiger partial charge >= 0.3 is 0 Å². The van der Waals surface area contributed by atoms with Crippen LogP contribution < -0.4 is 0 Å². The molecule has 4 atom stereocenters. The molecule has 2 unspecified atom stereocenters. The number of halogens is 2. The summed E-state index contributed by atoms with van der Waals surface area (Å²) in [4.78, 5) is 0. The molecule has 3 aliphatic carbocycles. The largest absolute Gasteiger partial charge is 0.423 e. The highest BCUT2D eigenvalue weighted by Crippen LogP contribution is 2.82. The normalized spacial score (nSPS) is 30.4. The highest BCUT2D eigenvalue weighted by molar-refractivity contribution is 5.63. The first kappa shape index (κ1) is 18.1. The Morgan fingerprint density at radius 3 is 2.60 bits per heavy atom. The molecule has 3 aromatic rings. The van der Waals surface area contributed by atoms with Crippen molar-refractivity contribution >= 4 is 0 Å². The first-order valence-corrected chi connectivity index (χ1v) is 10.2. The van der Waals surface area contributed by atoms with Crippen molar-refractivity contribution < 1.29 is 17.9 Å². The second-order valence-electron chi connectivity index (χ2n) is 8.59. The first-order valence-electron chi connectivity index (χ1n) is 10.2. The Morgan fingerprint density at radius 2 is 1.93 bits per heavy atom. The third-order valence-electron chi connectivity index (χ3n) is 7.56. The van der Waals surface area contributed by atoms with Crippen LogP contribution >= 0.6 is 0 Å². The molecular weight excluding hydrogens is 390 g/mol. The Labute approximate surface area is 171 Å². The van der Waals surface area contributed by atoms with Crippen LogP contribution in [-0.4, -0.2) is 20.4 Å². The molecule has 0 radical (unpaired) electrons. The summed E-state index contributed by atoms with van der Waals surface area (Å²) in [7, 11) is 0. The van der Waals surface area contributed by atoms with E-state index in [4.69, 9.17) is 9.15 Å². The molecule has 30 heavy (non-hydrogen) atoms. The van der Waals surface area contributed by atoms with Crippen LogP contribution in [0.5, 0.6) is 0 Å². The van der Waals surface area contributed by atoms with Crippen molar-refractivity contribution in [3.8, 4) is 11.3 Å². The second-order valence-corrected chi connectivity index (χ2v) is 8.59. The molecule has 0 saturated heterocycles. The van der Waals surface area contributed by atoms with Gasteiger partial charge in [0.05, 0.1) is 17.0 Å². The van der Waals surface area contributed by atoms with Crippen molar-refractivity contribution in [3.05, 3.63) is 58.9 Å². The minimum atomic E-state index is -0.639. The van der Waals surface area contributed by atoms with Gasteiger partial charge in [0.15, 0.2) is 0 Å². The maximum Gasteiger partial charge on any atom is 0.242 e. The number of aromatic nitrogens is 4. The van der Waals surface area contributed by atoms with Gasteiger partial charge in [0.2, 0.25) is 11.8 Å². The Kier molecular flexibility index (Phi) is 3.56. The molecule has 0 aliphatic heterocycles. The zero-order valence-electron chi connectivity index (χ0n) is 16.7. The lowest BCUT2D eigenvalue weighted by Gasteiger charge is -2.76. The van der Waals surface area contributed by atoms with E-state index in [1.807, 2.05) is 0 Å². The average molecular weight is 410 g/mol. The molecule has 3 aliphatic rings. The molecule has 2 heterocycles. The first-order chi connectivity index (χ1) is 14.5. The third-order valence-corrected chi connectivity index (χ3v) is 7.56. The van der Waals surface area contributed by atoms with E-state index in [9.17, 15) is 8.78 Å². The number of hydrogen-bond acceptors (Lipinski definition) is 6. The van der Waals surface area contributed by atoms with E-state index in [0.717, 1.165) is 30.5 Å². The standard InChI is InChI=1S/C22H20F2N4O2/c1-3-21-8-13-12-7-17(19-15(23)5-4-6-16(19)24)26-28-20(12)22(21,9-14(13)21)29-10-18-27-25-11(2)30-18/h4-7,13-14H,3,8-10H2,1-2H3/t13-,14?,21?,22+/m1/s1. The van der Waals surface area contributed by atoms with Crippen LogP contribution in [0, 0.1) is 29.9 Å². The topological polar surface area (TPSA) is 73.9 Å². The molecule has 1 aromatic carbocycles. The Hall–Kier alpha value is -2.74. The smallest absolute Gasteiger partial charge is 0.242 e. The molecule has 8 heteroatoms. The number of hydrogen-bond donors (Lipinski definition) is 0. The summed E-state index contributed by atoms with van der Waals surface area (Å²) in [5.74, 6) is 0.463. The predicted molar refractivity (Wildman–Crippen MR) is 101 cm³/mol. The van der Waals surface area contributed by atoms with E-state index in [2.05, 4.69) is 27.3 Å². The summed E-state index contributed by atoms with van der Waals surface area (Å²) in [6.07, 6.45) is 2.82. The van der Waals surface area contributed by atoms with E-state index in [1.54, 1.807) is 13.0 Å². The van der Waals surface area contributed by atoms with Gasteiger partial charge in [-0.1, -0.05) is 13.0 Å². The number of rotatable bonds is 5. The van der Waals surface area contributed by atoms with E-state index < -0.39 is 17.2 Å². The molecule has 6 nitrogen and oxygen atoms in total. The van der Waals surface area contributed by atoms with Gasteiger partial charge in [0, 0.05) is 12.3 Å². The van der Waals surface area contributed by atoms with Crippen molar-refractivity contribution in [3.63, 3.8) is 0 Å². The lowest BCUT2D eigenvalue weighted by molar-refractivity contribution is -0.329. The number of ether oxygens (including phenoxy) is 1. The molecule has 2 aromatic heterocycles. The maximum absolute atomic E-state index is 14.3. The molecule has 0 amide bonds. The van der Waals surface area contributed by atoms with Crippen LogP contribution in [0.4, 0.5) is 8.78 Å². The number of fused-ring (bicyclic) bond motifs is 3. The highest BCUT2D eigenvalue weighted by Gasteiger charge is 2.79. The Bertz CT molecular complexity index is 1160. The van der Waals surface area contributed by atoms with Crippen LogP contribution in [0.1, 0.15) is 55.1 Å². The van der Waals surface area contributed by atoms with Gasteiger partial charge in [0.1, 0.15) is 23.8 Å². The van der Waals surface area contributed by atoms with Gasteiger partial charge in [-0.3, -0.25) is 0 Å². The number of nitrogens with zero attached hydrogens (tertiary/aromatic N) is 4. The van der Waals surface area contributed by atoms with E-state index in [1.165, 1.54) is 18.2 Å². The minimum Gasteiger partial charge on any atom is -0.423 e. The van der Waals surface area contributed by atoms with Crippen molar-refractivity contribution in [2.75, 3.05) is 0 Å². The molecule has 4 bridgehead atoms. The monoisotopic (exact) mass is 410 g/mol. The molecule has 6 rings (SSSR count). The summed E-state index contributed by atoms with van der Waals surface area (Å²) in [6.45, 7) is 4.12. The van der Waals surface area contributed by atoms with Crippen molar-refractivity contribution in [1.82, 2.24) is 20.4 Å². The van der Waals surface area contributed by atoms with Gasteiger partial charge < -0.3 is 9.15 Å². The fraction of sp³-hybridized carbons (Fsp3) is 0.455. The lowest BCUT2D eigenvalue weighted by atomic mass is 9.30. The summed E-state index contributed by atoms with van der Waals surface area (Å²) in [5, 5.41) is 16.6. The fourth-order valence-electron chi connectivity index (χ4n) is 6.16. The minimum absolute atomic E-state index is 0.0270. The Morgan fingerprint density at radius 1 is 1.13 bits per heavy atom. The van der Waals surface area contributed by atoms with Gasteiger partial charge in [-0.05, 0) is 54.9 Å². The SMILES string of the molecule is CCC12C[C@@H]3c4cc(-c5c(F)cccc5F)nnc4[C@@]1(OCc1nnc(C)o1)CC32. The fourth-order valence-corrected chi connectivity index (χ4v) is 6.16. The third kappa shape index (κ3) is 2.05. The molecular formula is C22H20F2N4O2. The summed E-state index contributed by atoms with van der Waals surface area (Å²) >= 11 is 0. The molecule has 0 N–H and O–H groups in total. The van der Waals surface area contributed by atoms with Crippen molar-refractivity contribution in [2.45, 2.75) is 51.2 Å². The quantitative estimate of drug-likeness (QED) is 0.619. The second kappa shape index (κ2) is 5.91. The lowest BCUT2D eigenvalue weighted by Crippen LogP contribution is -2.74. The highest BCUT2D eigenvalue weighted by atomic mass is 19.1. The number of benzene rings is 1. The van der Waals surface area contributed by atoms with Crippen LogP contribution in [0.15, 0.2) is 28.7 Å². The molecule has 2 fully saturated rings. The van der Waals surface area contributed by atoms with Crippen molar-refractivity contribution in [2.24, 2.45) is 11.3 Å². The van der Waals surface area contributed by atoms with Gasteiger partial charge in [0.25, 0.3) is 0 Å². The number of aryl methyl sites for hydroxylation is 1. The molecule has 2 saturated carbocycles. The average Bonchev–Trinajstić information content (AvgIpc) is 3.15. The van der Waals surface area contributed by atoms with Crippen molar-refractivity contribution in [1.29, 1.82) is 0 Å². The maximum atomic E-state index is 14.3. The molecule has 0 spiro atoms. The van der Waals surface area contributed by atoms with Gasteiger partial charge in [-0.2, -0.15) is 5.10 Å². The zero-order valence-corrected chi connectivity index (χ0v) is 16.7. The van der Waals surface area contributed by atoms with E-state index >= 15 is 0 Å².